The van der Waals surface area contributed by atoms with Gasteiger partial charge in [0.05, 0.1) is 11.0 Å². The fraction of sp³-hybridized carbons (Fsp3) is 0.200. The molecule has 0 spiro atoms. The van der Waals surface area contributed by atoms with Crippen LogP contribution in [0, 0.1) is 20.8 Å². The van der Waals surface area contributed by atoms with E-state index in [0.717, 1.165) is 10.2 Å². The smallest absolute Gasteiger partial charge is 0.176 e. The van der Waals surface area contributed by atoms with Crippen molar-refractivity contribution >= 4 is 44.8 Å². The van der Waals surface area contributed by atoms with Gasteiger partial charge < -0.3 is 10.6 Å². The molecule has 0 atom stereocenters. The molecule has 3 rings (SSSR count). The van der Waals surface area contributed by atoms with Crippen LogP contribution in [0.2, 0.25) is 0 Å². The highest BCUT2D eigenvalue weighted by molar-refractivity contribution is 9.10. The number of halogens is 1. The van der Waals surface area contributed by atoms with Crippen LogP contribution in [0.3, 0.4) is 0 Å². The van der Waals surface area contributed by atoms with E-state index in [0.29, 0.717) is 17.5 Å². The standard InChI is InChI=1S/C20H21BrN4S/c1-13-4-7-16(8-5-13)11-25-12-18(21)19(24-25)23-20(26)22-17-9-6-14(2)15(3)10-17/h4-10,12H,11H2,1-3H3,(H2,22,23,24,26). The number of benzene rings is 2. The van der Waals surface area contributed by atoms with Gasteiger partial charge in [-0.1, -0.05) is 35.9 Å². The van der Waals surface area contributed by atoms with Crippen LogP contribution in [-0.2, 0) is 6.54 Å². The van der Waals surface area contributed by atoms with Crippen molar-refractivity contribution in [3.05, 3.63) is 75.4 Å². The Morgan fingerprint density at radius 1 is 1.04 bits per heavy atom. The SMILES string of the molecule is Cc1ccc(Cn2cc(Br)c(NC(=S)Nc3ccc(C)c(C)c3)n2)cc1. The summed E-state index contributed by atoms with van der Waals surface area (Å²) in [7, 11) is 0. The number of aromatic nitrogens is 2. The molecule has 0 aliphatic heterocycles. The Balaban J connectivity index is 1.65. The van der Waals surface area contributed by atoms with Gasteiger partial charge in [-0.3, -0.25) is 4.68 Å². The molecule has 4 nitrogen and oxygen atoms in total. The number of anilines is 2. The lowest BCUT2D eigenvalue weighted by Crippen LogP contribution is -2.20. The van der Waals surface area contributed by atoms with Crippen molar-refractivity contribution in [2.45, 2.75) is 27.3 Å². The zero-order chi connectivity index (χ0) is 18.7. The third-order valence-electron chi connectivity index (χ3n) is 4.18. The monoisotopic (exact) mass is 428 g/mol. The largest absolute Gasteiger partial charge is 0.332 e. The van der Waals surface area contributed by atoms with E-state index in [1.54, 1.807) is 0 Å². The third kappa shape index (κ3) is 4.71. The molecule has 1 heterocycles. The second-order valence-corrected chi connectivity index (χ2v) is 7.65. The lowest BCUT2D eigenvalue weighted by atomic mass is 10.1. The molecule has 0 bridgehead atoms. The topological polar surface area (TPSA) is 41.9 Å². The lowest BCUT2D eigenvalue weighted by molar-refractivity contribution is 0.689. The van der Waals surface area contributed by atoms with Gasteiger partial charge in [0.25, 0.3) is 0 Å². The molecule has 0 radical (unpaired) electrons. The Labute approximate surface area is 167 Å². The van der Waals surface area contributed by atoms with Crippen LogP contribution < -0.4 is 10.6 Å². The zero-order valence-electron chi connectivity index (χ0n) is 15.0. The maximum atomic E-state index is 5.41. The van der Waals surface area contributed by atoms with Crippen molar-refractivity contribution in [3.63, 3.8) is 0 Å². The summed E-state index contributed by atoms with van der Waals surface area (Å²) in [5, 5.41) is 11.4. The highest BCUT2D eigenvalue weighted by atomic mass is 79.9. The summed E-state index contributed by atoms with van der Waals surface area (Å²) in [4.78, 5) is 0. The number of thiocarbonyl (C=S) groups is 1. The normalized spacial score (nSPS) is 10.6. The van der Waals surface area contributed by atoms with Gasteiger partial charge in [0, 0.05) is 11.9 Å². The minimum Gasteiger partial charge on any atom is -0.332 e. The molecule has 0 saturated carbocycles. The number of rotatable bonds is 4. The first-order valence-corrected chi connectivity index (χ1v) is 9.54. The number of nitrogens with one attached hydrogen (secondary N) is 2. The molecule has 134 valence electrons. The first kappa shape index (κ1) is 18.6. The maximum absolute atomic E-state index is 5.41. The molecule has 0 unspecified atom stereocenters. The highest BCUT2D eigenvalue weighted by Gasteiger charge is 2.09. The van der Waals surface area contributed by atoms with Crippen LogP contribution in [0.1, 0.15) is 22.3 Å². The van der Waals surface area contributed by atoms with Gasteiger partial charge in [-0.05, 0) is 77.7 Å². The predicted molar refractivity (Wildman–Crippen MR) is 116 cm³/mol. The van der Waals surface area contributed by atoms with Crippen LogP contribution in [-0.4, -0.2) is 14.9 Å². The predicted octanol–water partition coefficient (Wildman–Crippen LogP) is 5.43. The second kappa shape index (κ2) is 8.01. The van der Waals surface area contributed by atoms with E-state index in [1.165, 1.54) is 22.3 Å². The van der Waals surface area contributed by atoms with Crippen molar-refractivity contribution in [1.82, 2.24) is 9.78 Å². The van der Waals surface area contributed by atoms with E-state index in [-0.39, 0.29) is 0 Å². The third-order valence-corrected chi connectivity index (χ3v) is 4.96. The fourth-order valence-corrected chi connectivity index (χ4v) is 3.16. The summed E-state index contributed by atoms with van der Waals surface area (Å²) in [5.41, 5.74) is 5.89. The first-order valence-electron chi connectivity index (χ1n) is 8.34. The van der Waals surface area contributed by atoms with E-state index < -0.39 is 0 Å². The Bertz CT molecular complexity index is 931. The van der Waals surface area contributed by atoms with E-state index in [2.05, 4.69) is 88.8 Å². The number of nitrogens with zero attached hydrogens (tertiary/aromatic N) is 2. The molecular weight excluding hydrogens is 408 g/mol. The summed E-state index contributed by atoms with van der Waals surface area (Å²) in [6.45, 7) is 6.96. The van der Waals surface area contributed by atoms with E-state index in [9.17, 15) is 0 Å². The highest BCUT2D eigenvalue weighted by Crippen LogP contribution is 2.21. The molecule has 3 aromatic rings. The quantitative estimate of drug-likeness (QED) is 0.543. The summed E-state index contributed by atoms with van der Waals surface area (Å²) in [5.74, 6) is 0.693. The van der Waals surface area contributed by atoms with E-state index in [1.807, 2.05) is 16.9 Å². The fourth-order valence-electron chi connectivity index (χ4n) is 2.53. The molecule has 0 aliphatic carbocycles. The average Bonchev–Trinajstić information content (AvgIpc) is 2.92. The summed E-state index contributed by atoms with van der Waals surface area (Å²) >= 11 is 8.96. The van der Waals surface area contributed by atoms with Crippen LogP contribution in [0.5, 0.6) is 0 Å². The molecule has 1 aromatic heterocycles. The average molecular weight is 429 g/mol. The molecule has 0 aliphatic rings. The molecule has 6 heteroatoms. The van der Waals surface area contributed by atoms with Gasteiger partial charge in [0.15, 0.2) is 10.9 Å². The van der Waals surface area contributed by atoms with Gasteiger partial charge in [0.1, 0.15) is 0 Å². The molecular formula is C20H21BrN4S. The van der Waals surface area contributed by atoms with Crippen molar-refractivity contribution in [2.75, 3.05) is 10.6 Å². The van der Waals surface area contributed by atoms with E-state index >= 15 is 0 Å². The number of hydrogen-bond acceptors (Lipinski definition) is 2. The molecule has 0 saturated heterocycles. The molecule has 0 fully saturated rings. The summed E-state index contributed by atoms with van der Waals surface area (Å²) in [6.07, 6.45) is 1.95. The van der Waals surface area contributed by atoms with Crippen LogP contribution in [0.25, 0.3) is 0 Å². The minimum atomic E-state index is 0.509. The Morgan fingerprint density at radius 3 is 2.46 bits per heavy atom. The summed E-state index contributed by atoms with van der Waals surface area (Å²) in [6, 6.07) is 14.6. The van der Waals surface area contributed by atoms with Crippen molar-refractivity contribution in [2.24, 2.45) is 0 Å². The van der Waals surface area contributed by atoms with Gasteiger partial charge in [-0.2, -0.15) is 5.10 Å². The lowest BCUT2D eigenvalue weighted by Gasteiger charge is -2.10. The van der Waals surface area contributed by atoms with Crippen LogP contribution in [0.4, 0.5) is 11.5 Å². The Hall–Kier alpha value is -2.18. The summed E-state index contributed by atoms with van der Waals surface area (Å²) < 4.78 is 2.75. The van der Waals surface area contributed by atoms with Crippen molar-refractivity contribution in [1.29, 1.82) is 0 Å². The van der Waals surface area contributed by atoms with Gasteiger partial charge in [0.2, 0.25) is 0 Å². The van der Waals surface area contributed by atoms with Crippen LogP contribution in [0.15, 0.2) is 53.1 Å². The van der Waals surface area contributed by atoms with Gasteiger partial charge in [-0.25, -0.2) is 0 Å². The van der Waals surface area contributed by atoms with Crippen molar-refractivity contribution < 1.29 is 0 Å². The second-order valence-electron chi connectivity index (χ2n) is 6.39. The molecule has 2 aromatic carbocycles. The Kier molecular flexibility index (Phi) is 5.74. The van der Waals surface area contributed by atoms with Gasteiger partial charge in [-0.15, -0.1) is 0 Å². The van der Waals surface area contributed by atoms with Crippen molar-refractivity contribution in [3.8, 4) is 0 Å². The zero-order valence-corrected chi connectivity index (χ0v) is 17.4. The number of aryl methyl sites for hydroxylation is 3. The van der Waals surface area contributed by atoms with E-state index in [4.69, 9.17) is 12.2 Å². The maximum Gasteiger partial charge on any atom is 0.176 e. The van der Waals surface area contributed by atoms with Crippen LogP contribution >= 0.6 is 28.1 Å². The minimum absolute atomic E-state index is 0.509. The molecule has 2 N–H and O–H groups in total. The van der Waals surface area contributed by atoms with Gasteiger partial charge >= 0.3 is 0 Å². The Morgan fingerprint density at radius 2 is 1.77 bits per heavy atom. The molecule has 0 amide bonds. The molecule has 26 heavy (non-hydrogen) atoms. The first-order chi connectivity index (χ1) is 12.4. The number of hydrogen-bond donors (Lipinski definition) is 2.